The topological polar surface area (TPSA) is 56.4 Å². The maximum atomic E-state index is 13.5. The van der Waals surface area contributed by atoms with E-state index in [9.17, 15) is 14.0 Å². The van der Waals surface area contributed by atoms with E-state index in [0.29, 0.717) is 30.1 Å². The number of hydrogen-bond donors (Lipinski definition) is 1. The van der Waals surface area contributed by atoms with E-state index >= 15 is 0 Å². The Morgan fingerprint density at radius 2 is 1.61 bits per heavy atom. The van der Waals surface area contributed by atoms with Gasteiger partial charge in [0.25, 0.3) is 11.8 Å². The molecule has 2 aliphatic rings. The summed E-state index contributed by atoms with van der Waals surface area (Å²) >= 11 is 0. The largest absolute Gasteiger partial charge is 0.361 e. The Morgan fingerprint density at radius 3 is 2.30 bits per heavy atom. The Hall–Kier alpha value is -3.51. The smallest absolute Gasteiger partial charge is 0.261 e. The molecule has 166 valence electrons. The molecule has 6 heteroatoms. The van der Waals surface area contributed by atoms with Crippen molar-refractivity contribution >= 4 is 33.5 Å². The van der Waals surface area contributed by atoms with Gasteiger partial charge in [0.15, 0.2) is 0 Å². The zero-order valence-electron chi connectivity index (χ0n) is 18.2. The van der Waals surface area contributed by atoms with Gasteiger partial charge in [-0.2, -0.15) is 0 Å². The van der Waals surface area contributed by atoms with Gasteiger partial charge in [0, 0.05) is 46.7 Å². The van der Waals surface area contributed by atoms with Crippen LogP contribution >= 0.6 is 0 Å². The summed E-state index contributed by atoms with van der Waals surface area (Å²) in [7, 11) is 0. The standard InChI is InChI=1S/C27H24FN3O2/c28-19-7-8-20-23(16-29-24(20)15-19)17-9-11-30(12-10-17)13-14-31-26(32)21-5-1-3-18-4-2-6-22(25(18)21)27(31)33/h1-8,15-17,29H,9-14H2. The highest BCUT2D eigenvalue weighted by Gasteiger charge is 2.33. The summed E-state index contributed by atoms with van der Waals surface area (Å²) in [6, 6.07) is 16.2. The molecule has 0 atom stereocenters. The van der Waals surface area contributed by atoms with Gasteiger partial charge < -0.3 is 9.88 Å². The molecule has 5 nitrogen and oxygen atoms in total. The summed E-state index contributed by atoms with van der Waals surface area (Å²) in [6.45, 7) is 2.86. The predicted octanol–water partition coefficient (Wildman–Crippen LogP) is 4.94. The third-order valence-corrected chi connectivity index (χ3v) is 7.20. The highest BCUT2D eigenvalue weighted by molar-refractivity contribution is 6.25. The minimum absolute atomic E-state index is 0.204. The van der Waals surface area contributed by atoms with Gasteiger partial charge in [0.1, 0.15) is 5.82 Å². The number of aromatic nitrogens is 1. The molecule has 1 aromatic heterocycles. The predicted molar refractivity (Wildman–Crippen MR) is 126 cm³/mol. The summed E-state index contributed by atoms with van der Waals surface area (Å²) in [6.07, 6.45) is 4.00. The van der Waals surface area contributed by atoms with Crippen LogP contribution in [-0.2, 0) is 0 Å². The first-order chi connectivity index (χ1) is 16.1. The summed E-state index contributed by atoms with van der Waals surface area (Å²) in [5, 5.41) is 2.78. The van der Waals surface area contributed by atoms with Gasteiger partial charge in [-0.15, -0.1) is 0 Å². The molecule has 3 aromatic carbocycles. The van der Waals surface area contributed by atoms with Crippen LogP contribution in [0.5, 0.6) is 0 Å². The van der Waals surface area contributed by atoms with Gasteiger partial charge in [0.2, 0.25) is 0 Å². The molecule has 0 radical (unpaired) electrons. The second-order valence-electron chi connectivity index (χ2n) is 9.02. The number of nitrogens with zero attached hydrogens (tertiary/aromatic N) is 2. The number of aromatic amines is 1. The Labute approximate surface area is 190 Å². The molecule has 1 N–H and O–H groups in total. The van der Waals surface area contributed by atoms with Crippen molar-refractivity contribution in [3.05, 3.63) is 83.3 Å². The van der Waals surface area contributed by atoms with E-state index in [2.05, 4.69) is 9.88 Å². The number of hydrogen-bond acceptors (Lipinski definition) is 3. The van der Waals surface area contributed by atoms with Crippen LogP contribution in [0.1, 0.15) is 45.0 Å². The van der Waals surface area contributed by atoms with E-state index in [1.807, 2.05) is 48.7 Å². The van der Waals surface area contributed by atoms with E-state index in [-0.39, 0.29) is 17.6 Å². The minimum atomic E-state index is -0.230. The number of carbonyl (C=O) groups is 2. The fourth-order valence-corrected chi connectivity index (χ4v) is 5.45. The molecule has 6 rings (SSSR count). The molecule has 1 saturated heterocycles. The van der Waals surface area contributed by atoms with Crippen molar-refractivity contribution in [1.29, 1.82) is 0 Å². The zero-order chi connectivity index (χ0) is 22.5. The maximum absolute atomic E-state index is 13.5. The molecule has 3 heterocycles. The molecule has 2 aliphatic heterocycles. The maximum Gasteiger partial charge on any atom is 0.261 e. The van der Waals surface area contributed by atoms with Gasteiger partial charge in [-0.3, -0.25) is 14.5 Å². The minimum Gasteiger partial charge on any atom is -0.361 e. The quantitative estimate of drug-likeness (QED) is 0.457. The molecule has 0 saturated carbocycles. The number of halogens is 1. The third kappa shape index (κ3) is 3.33. The van der Waals surface area contributed by atoms with Crippen LogP contribution in [-0.4, -0.2) is 52.8 Å². The highest BCUT2D eigenvalue weighted by Crippen LogP contribution is 2.34. The number of piperidine rings is 1. The summed E-state index contributed by atoms with van der Waals surface area (Å²) in [5.41, 5.74) is 3.30. The van der Waals surface area contributed by atoms with Crippen LogP contribution in [0.25, 0.3) is 21.7 Å². The van der Waals surface area contributed by atoms with Crippen molar-refractivity contribution in [3.8, 4) is 0 Å². The number of imide groups is 1. The van der Waals surface area contributed by atoms with Crippen LogP contribution in [0.4, 0.5) is 4.39 Å². The molecule has 2 amide bonds. The van der Waals surface area contributed by atoms with Crippen LogP contribution < -0.4 is 0 Å². The Kier molecular flexibility index (Phi) is 4.76. The molecule has 33 heavy (non-hydrogen) atoms. The van der Waals surface area contributed by atoms with E-state index in [0.717, 1.165) is 47.6 Å². The van der Waals surface area contributed by atoms with Gasteiger partial charge in [0.05, 0.1) is 0 Å². The number of benzene rings is 3. The van der Waals surface area contributed by atoms with Gasteiger partial charge in [-0.1, -0.05) is 24.3 Å². The summed E-state index contributed by atoms with van der Waals surface area (Å²) in [4.78, 5) is 33.1. The first-order valence-electron chi connectivity index (χ1n) is 11.5. The van der Waals surface area contributed by atoms with Crippen LogP contribution in [0.15, 0.2) is 60.8 Å². The summed E-state index contributed by atoms with van der Waals surface area (Å²) < 4.78 is 13.5. The SMILES string of the molecule is O=C1c2cccc3cccc(c23)C(=O)N1CCN1CCC(c2c[nH]c3cc(F)ccc23)CC1. The Morgan fingerprint density at radius 1 is 0.909 bits per heavy atom. The zero-order valence-corrected chi connectivity index (χ0v) is 18.2. The molecule has 0 bridgehead atoms. The number of H-pyrrole nitrogens is 1. The van der Waals surface area contributed by atoms with Crippen molar-refractivity contribution in [2.75, 3.05) is 26.2 Å². The van der Waals surface area contributed by atoms with Crippen LogP contribution in [0.2, 0.25) is 0 Å². The lowest BCUT2D eigenvalue weighted by molar-refractivity contribution is 0.0586. The third-order valence-electron chi connectivity index (χ3n) is 7.20. The second-order valence-corrected chi connectivity index (χ2v) is 9.02. The molecule has 4 aromatic rings. The number of nitrogens with one attached hydrogen (secondary N) is 1. The van der Waals surface area contributed by atoms with Crippen molar-refractivity contribution in [3.63, 3.8) is 0 Å². The molecule has 1 fully saturated rings. The van der Waals surface area contributed by atoms with E-state index in [1.165, 1.54) is 16.5 Å². The first kappa shape index (κ1) is 20.1. The number of likely N-dealkylation sites (tertiary alicyclic amines) is 1. The van der Waals surface area contributed by atoms with Crippen molar-refractivity contribution in [2.45, 2.75) is 18.8 Å². The van der Waals surface area contributed by atoms with Crippen molar-refractivity contribution in [1.82, 2.24) is 14.8 Å². The second kappa shape index (κ2) is 7.81. The van der Waals surface area contributed by atoms with Crippen molar-refractivity contribution in [2.24, 2.45) is 0 Å². The monoisotopic (exact) mass is 441 g/mol. The van der Waals surface area contributed by atoms with Gasteiger partial charge >= 0.3 is 0 Å². The van der Waals surface area contributed by atoms with E-state index in [1.54, 1.807) is 6.07 Å². The molecule has 0 unspecified atom stereocenters. The molecule has 0 aliphatic carbocycles. The average molecular weight is 442 g/mol. The highest BCUT2D eigenvalue weighted by atomic mass is 19.1. The molecule has 0 spiro atoms. The molecular formula is C27H24FN3O2. The Balaban J connectivity index is 1.13. The molecular weight excluding hydrogens is 417 g/mol. The normalized spacial score (nSPS) is 17.4. The number of rotatable bonds is 4. The lowest BCUT2D eigenvalue weighted by Gasteiger charge is -2.34. The van der Waals surface area contributed by atoms with Crippen molar-refractivity contribution < 1.29 is 14.0 Å². The lowest BCUT2D eigenvalue weighted by atomic mass is 9.89. The lowest BCUT2D eigenvalue weighted by Crippen LogP contribution is -2.45. The first-order valence-corrected chi connectivity index (χ1v) is 11.5. The number of amides is 2. The summed E-state index contributed by atoms with van der Waals surface area (Å²) in [5.74, 6) is -0.218. The van der Waals surface area contributed by atoms with Gasteiger partial charge in [-0.05, 0) is 73.1 Å². The van der Waals surface area contributed by atoms with E-state index in [4.69, 9.17) is 0 Å². The van der Waals surface area contributed by atoms with E-state index < -0.39 is 0 Å². The Bertz CT molecular complexity index is 1350. The fourth-order valence-electron chi connectivity index (χ4n) is 5.45. The van der Waals surface area contributed by atoms with Gasteiger partial charge in [-0.25, -0.2) is 4.39 Å². The van der Waals surface area contributed by atoms with Crippen LogP contribution in [0, 0.1) is 5.82 Å². The van der Waals surface area contributed by atoms with Crippen LogP contribution in [0.3, 0.4) is 0 Å². The fraction of sp³-hybridized carbons (Fsp3) is 0.259. The number of carbonyl (C=O) groups excluding carboxylic acids is 2. The average Bonchev–Trinajstić information content (AvgIpc) is 3.25. The number of fused-ring (bicyclic) bond motifs is 1.